The minimum atomic E-state index is -4.71. The van der Waals surface area contributed by atoms with Gasteiger partial charge in [0.15, 0.2) is 0 Å². The van der Waals surface area contributed by atoms with Gasteiger partial charge in [-0.2, -0.15) is 0 Å². The van der Waals surface area contributed by atoms with Crippen molar-refractivity contribution in [3.63, 3.8) is 0 Å². The van der Waals surface area contributed by atoms with Crippen LogP contribution in [0.1, 0.15) is 33.4 Å². The van der Waals surface area contributed by atoms with E-state index in [9.17, 15) is 10.2 Å². The summed E-state index contributed by atoms with van der Waals surface area (Å²) in [5.74, 6) is 0. The lowest BCUT2D eigenvalue weighted by Crippen LogP contribution is -2.66. The van der Waals surface area contributed by atoms with Crippen LogP contribution in [-0.4, -0.2) is 46.8 Å². The van der Waals surface area contributed by atoms with E-state index in [0.717, 1.165) is 11.1 Å². The van der Waals surface area contributed by atoms with Crippen LogP contribution in [0.2, 0.25) is 0 Å². The van der Waals surface area contributed by atoms with Gasteiger partial charge >= 0.3 is 15.6 Å². The molecular formula is C48H50O12P2. The number of ether oxygens (including phenoxy) is 2. The van der Waals surface area contributed by atoms with E-state index in [1.165, 1.54) is 0 Å². The Kier molecular flexibility index (Phi) is 16.6. The molecule has 0 bridgehead atoms. The Morgan fingerprint density at radius 3 is 0.758 bits per heavy atom. The molecule has 1 saturated carbocycles. The van der Waals surface area contributed by atoms with Gasteiger partial charge in [0.1, 0.15) is 36.6 Å². The van der Waals surface area contributed by atoms with Crippen molar-refractivity contribution in [1.82, 2.24) is 0 Å². The molecular weight excluding hydrogens is 830 g/mol. The Labute approximate surface area is 362 Å². The molecule has 2 N–H and O–H groups in total. The van der Waals surface area contributed by atoms with Gasteiger partial charge in [0.2, 0.25) is 0 Å². The van der Waals surface area contributed by atoms with Gasteiger partial charge in [-0.15, -0.1) is 0 Å². The summed E-state index contributed by atoms with van der Waals surface area (Å²) in [6, 6.07) is 54.4. The van der Waals surface area contributed by atoms with Gasteiger partial charge < -0.3 is 19.7 Å². The van der Waals surface area contributed by atoms with Gasteiger partial charge in [0, 0.05) is 0 Å². The number of hydrogen-bond acceptors (Lipinski definition) is 12. The average Bonchev–Trinajstić information content (AvgIpc) is 3.32. The highest BCUT2D eigenvalue weighted by molar-refractivity contribution is 7.48. The summed E-state index contributed by atoms with van der Waals surface area (Å²) in [6.45, 7) is -0.942. The molecule has 12 nitrogen and oxygen atoms in total. The van der Waals surface area contributed by atoms with E-state index in [1.54, 1.807) is 48.5 Å². The van der Waals surface area contributed by atoms with Crippen molar-refractivity contribution in [3.05, 3.63) is 215 Å². The highest BCUT2D eigenvalue weighted by Crippen LogP contribution is 2.58. The van der Waals surface area contributed by atoms with Crippen LogP contribution in [0, 0.1) is 0 Å². The van der Waals surface area contributed by atoms with Gasteiger partial charge in [0.05, 0.1) is 39.6 Å². The molecule has 1 fully saturated rings. The van der Waals surface area contributed by atoms with Gasteiger partial charge in [-0.05, 0) is 33.4 Å². The number of benzene rings is 6. The van der Waals surface area contributed by atoms with Crippen molar-refractivity contribution in [3.8, 4) is 0 Å². The third-order valence-electron chi connectivity index (χ3n) is 10.00. The van der Waals surface area contributed by atoms with E-state index < -0.39 is 52.3 Å². The summed E-state index contributed by atoms with van der Waals surface area (Å²) < 4.78 is 80.2. The Balaban J connectivity index is 1.29. The maximum Gasteiger partial charge on any atom is 0.475 e. The molecule has 0 unspecified atom stereocenters. The fourth-order valence-corrected chi connectivity index (χ4v) is 9.41. The molecule has 0 aliphatic heterocycles. The van der Waals surface area contributed by atoms with Crippen LogP contribution in [0.15, 0.2) is 182 Å². The maximum atomic E-state index is 15.2. The van der Waals surface area contributed by atoms with Gasteiger partial charge in [0.25, 0.3) is 0 Å². The van der Waals surface area contributed by atoms with Crippen molar-refractivity contribution in [2.24, 2.45) is 0 Å². The van der Waals surface area contributed by atoms with E-state index in [1.807, 2.05) is 133 Å². The van der Waals surface area contributed by atoms with Crippen LogP contribution in [0.4, 0.5) is 0 Å². The molecule has 1 aliphatic carbocycles. The molecule has 6 aromatic rings. The fourth-order valence-electron chi connectivity index (χ4n) is 6.72. The highest BCUT2D eigenvalue weighted by atomic mass is 31.2. The largest absolute Gasteiger partial charge is 0.475 e. The third-order valence-corrected chi connectivity index (χ3v) is 12.8. The number of phosphoric ester groups is 2. The first kappa shape index (κ1) is 45.4. The summed E-state index contributed by atoms with van der Waals surface area (Å²) in [5.41, 5.74) is 4.11. The zero-order valence-electron chi connectivity index (χ0n) is 33.9. The first-order valence-corrected chi connectivity index (χ1v) is 23.2. The lowest BCUT2D eigenvalue weighted by Gasteiger charge is -2.47. The zero-order valence-corrected chi connectivity index (χ0v) is 35.7. The summed E-state index contributed by atoms with van der Waals surface area (Å²) in [5, 5.41) is 24.0. The van der Waals surface area contributed by atoms with Gasteiger partial charge in [-0.25, -0.2) is 9.13 Å². The molecule has 6 atom stereocenters. The Bertz CT molecular complexity index is 2030. The molecule has 0 radical (unpaired) electrons. The highest BCUT2D eigenvalue weighted by Gasteiger charge is 2.57. The van der Waals surface area contributed by atoms with E-state index in [4.69, 9.17) is 36.6 Å². The van der Waals surface area contributed by atoms with Crippen molar-refractivity contribution in [1.29, 1.82) is 0 Å². The Morgan fingerprint density at radius 1 is 0.323 bits per heavy atom. The van der Waals surface area contributed by atoms with Crippen LogP contribution in [0.3, 0.4) is 0 Å². The first-order valence-electron chi connectivity index (χ1n) is 20.2. The minimum Gasteiger partial charge on any atom is -0.387 e. The van der Waals surface area contributed by atoms with Crippen molar-refractivity contribution in [2.45, 2.75) is 76.3 Å². The second kappa shape index (κ2) is 22.6. The fraction of sp³-hybridized carbons (Fsp3) is 0.250. The van der Waals surface area contributed by atoms with Crippen LogP contribution >= 0.6 is 15.6 Å². The molecule has 14 heteroatoms. The second-order valence-corrected chi connectivity index (χ2v) is 17.8. The van der Waals surface area contributed by atoms with Crippen LogP contribution < -0.4 is 0 Å². The minimum absolute atomic E-state index is 0.0792. The third kappa shape index (κ3) is 13.2. The van der Waals surface area contributed by atoms with E-state index in [-0.39, 0.29) is 39.6 Å². The van der Waals surface area contributed by atoms with Gasteiger partial charge in [-0.1, -0.05) is 182 Å². The van der Waals surface area contributed by atoms with E-state index in [0.29, 0.717) is 22.3 Å². The molecule has 1 aliphatic rings. The number of aliphatic hydroxyl groups excluding tert-OH is 2. The number of rotatable bonds is 22. The predicted molar refractivity (Wildman–Crippen MR) is 232 cm³/mol. The Morgan fingerprint density at radius 2 is 0.532 bits per heavy atom. The molecule has 0 saturated heterocycles. The molecule has 7 rings (SSSR count). The van der Waals surface area contributed by atoms with Crippen molar-refractivity contribution < 1.29 is 56.0 Å². The maximum absolute atomic E-state index is 15.2. The van der Waals surface area contributed by atoms with Crippen molar-refractivity contribution in [2.75, 3.05) is 0 Å². The monoisotopic (exact) mass is 880 g/mol. The normalized spacial score (nSPS) is 20.5. The molecule has 0 amide bonds. The number of hydrogen-bond donors (Lipinski definition) is 2. The molecule has 62 heavy (non-hydrogen) atoms. The quantitative estimate of drug-likeness (QED) is 0.0626. The van der Waals surface area contributed by atoms with E-state index in [2.05, 4.69) is 0 Å². The average molecular weight is 881 g/mol. The van der Waals surface area contributed by atoms with Crippen molar-refractivity contribution >= 4 is 15.6 Å². The molecule has 0 aromatic heterocycles. The smallest absolute Gasteiger partial charge is 0.387 e. The number of aliphatic hydroxyl groups is 2. The SMILES string of the molecule is O=P(OCc1ccccc1)(OCc1ccccc1)O[C@@H]1[C@H](OP(=O)(OCc2ccccc2)OCc2ccccc2)[C@H](OCc2ccccc2)[C@@H](O)[C@H](O)[C@H]1OCc1ccccc1. The summed E-state index contributed by atoms with van der Waals surface area (Å²) in [4.78, 5) is 0. The number of phosphoric acid groups is 2. The van der Waals surface area contributed by atoms with Crippen LogP contribution in [0.25, 0.3) is 0 Å². The lowest BCUT2D eigenvalue weighted by atomic mass is 9.84. The second-order valence-electron chi connectivity index (χ2n) is 14.6. The molecule has 6 aromatic carbocycles. The van der Waals surface area contributed by atoms with Crippen LogP contribution in [-0.2, 0) is 85.4 Å². The first-order chi connectivity index (χ1) is 30.3. The summed E-state index contributed by atoms with van der Waals surface area (Å²) in [7, 11) is -9.42. The summed E-state index contributed by atoms with van der Waals surface area (Å²) >= 11 is 0. The molecule has 0 heterocycles. The van der Waals surface area contributed by atoms with Gasteiger partial charge in [-0.3, -0.25) is 27.1 Å². The topological polar surface area (TPSA) is 148 Å². The summed E-state index contributed by atoms with van der Waals surface area (Å²) in [6.07, 6.45) is -9.78. The van der Waals surface area contributed by atoms with Crippen LogP contribution in [0.5, 0.6) is 0 Å². The van der Waals surface area contributed by atoms with E-state index >= 15 is 9.13 Å². The zero-order chi connectivity index (χ0) is 43.0. The predicted octanol–water partition coefficient (Wildman–Crippen LogP) is 9.75. The lowest BCUT2D eigenvalue weighted by molar-refractivity contribution is -0.245. The standard InChI is InChI=1S/C48H50O12P2/c49-43-44(50)46(54-32-38-21-9-2-10-22-38)48(60-62(52,57-35-41-27-15-5-16-28-41)58-36-42-29-17-6-18-30-42)47(45(43)53-31-37-19-7-1-8-20-37)59-61(51,55-33-39-23-11-3-12-24-39)56-34-40-25-13-4-14-26-40/h1-30,43-50H,31-36H2/t43-,44-,45+,46+,47-,48+/m0/s1. The Hall–Kier alpha value is -4.62. The molecule has 324 valence electrons. The molecule has 0 spiro atoms.